The van der Waals surface area contributed by atoms with E-state index in [0.717, 1.165) is 13.1 Å². The van der Waals surface area contributed by atoms with Crippen molar-refractivity contribution in [1.82, 2.24) is 19.6 Å². The molecule has 2 N–H and O–H groups in total. The predicted molar refractivity (Wildman–Crippen MR) is 102 cm³/mol. The summed E-state index contributed by atoms with van der Waals surface area (Å²) in [4.78, 5) is 9.00. The summed E-state index contributed by atoms with van der Waals surface area (Å²) in [5.41, 5.74) is 7.35. The number of hydrogen-bond acceptors (Lipinski definition) is 3. The average Bonchev–Trinajstić information content (AvgIpc) is 2.85. The van der Waals surface area contributed by atoms with Gasteiger partial charge in [-0.2, -0.15) is 5.10 Å². The fourth-order valence-corrected chi connectivity index (χ4v) is 2.86. The van der Waals surface area contributed by atoms with Crippen molar-refractivity contribution in [2.24, 2.45) is 23.7 Å². The van der Waals surface area contributed by atoms with E-state index in [0.29, 0.717) is 18.4 Å². The number of rotatable bonds is 4. The fraction of sp³-hybridized carbons (Fsp3) is 0.733. The topological polar surface area (TPSA) is 62.7 Å². The number of nitrogens with zero attached hydrogens (tertiary/aromatic N) is 5. The van der Waals surface area contributed by atoms with Crippen molar-refractivity contribution in [2.75, 3.05) is 33.7 Å². The smallest absolute Gasteiger partial charge is 0.191 e. The van der Waals surface area contributed by atoms with E-state index in [-0.39, 0.29) is 30.0 Å². The minimum absolute atomic E-state index is 0. The number of likely N-dealkylation sites (tertiary alicyclic amines) is 1. The molecule has 1 aromatic rings. The Hall–Kier alpha value is -0.830. The van der Waals surface area contributed by atoms with E-state index >= 15 is 0 Å². The summed E-state index contributed by atoms with van der Waals surface area (Å²) in [6.07, 6.45) is 6.44. The van der Waals surface area contributed by atoms with E-state index in [1.165, 1.54) is 18.4 Å². The molecule has 1 fully saturated rings. The van der Waals surface area contributed by atoms with E-state index < -0.39 is 0 Å². The highest BCUT2D eigenvalue weighted by molar-refractivity contribution is 14.0. The van der Waals surface area contributed by atoms with Crippen LogP contribution in [0.3, 0.4) is 0 Å². The lowest BCUT2D eigenvalue weighted by Crippen LogP contribution is -2.43. The maximum atomic E-state index is 6.18. The highest BCUT2D eigenvalue weighted by Gasteiger charge is 2.19. The molecule has 0 bridgehead atoms. The first-order valence-electron chi connectivity index (χ1n) is 7.67. The minimum Gasteiger partial charge on any atom is -0.370 e. The van der Waals surface area contributed by atoms with Crippen LogP contribution in [0.2, 0.25) is 0 Å². The molecule has 1 aliphatic heterocycles. The molecule has 2 rings (SSSR count). The number of piperidine rings is 1. The molecule has 0 aliphatic carbocycles. The molecular formula is C15H29IN6. The molecule has 126 valence electrons. The van der Waals surface area contributed by atoms with E-state index in [2.05, 4.69) is 40.9 Å². The molecule has 22 heavy (non-hydrogen) atoms. The first-order valence-corrected chi connectivity index (χ1v) is 7.67. The molecule has 6 nitrogen and oxygen atoms in total. The zero-order chi connectivity index (χ0) is 15.4. The number of halogens is 1. The van der Waals surface area contributed by atoms with Crippen LogP contribution in [-0.2, 0) is 7.05 Å². The molecule has 2 heterocycles. The SMILES string of the molecule is CC1CCCN(C(N)=NCC(c2cnn(C)c2)N(C)C)C1.I. The molecule has 0 amide bonds. The zero-order valence-electron chi connectivity index (χ0n) is 14.1. The number of aliphatic imine (C=N–C) groups is 1. The second-order valence-electron chi connectivity index (χ2n) is 6.32. The standard InChI is InChI=1S/C15H28N6.HI/c1-12-6-5-7-21(10-12)15(16)17-9-14(19(2)3)13-8-18-20(4)11-13;/h8,11-12,14H,5-7,9-10H2,1-4H3,(H2,16,17);1H. The summed E-state index contributed by atoms with van der Waals surface area (Å²) in [6.45, 7) is 4.99. The van der Waals surface area contributed by atoms with Crippen LogP contribution in [0.4, 0.5) is 0 Å². The van der Waals surface area contributed by atoms with Crippen LogP contribution in [0.15, 0.2) is 17.4 Å². The molecule has 1 saturated heterocycles. The predicted octanol–water partition coefficient (Wildman–Crippen LogP) is 1.69. The maximum absolute atomic E-state index is 6.18. The second-order valence-corrected chi connectivity index (χ2v) is 6.32. The lowest BCUT2D eigenvalue weighted by Gasteiger charge is -2.32. The first-order chi connectivity index (χ1) is 9.97. The van der Waals surface area contributed by atoms with Gasteiger partial charge < -0.3 is 15.5 Å². The minimum atomic E-state index is 0. The van der Waals surface area contributed by atoms with Crippen molar-refractivity contribution in [1.29, 1.82) is 0 Å². The second kappa shape index (κ2) is 8.71. The van der Waals surface area contributed by atoms with Gasteiger partial charge in [0, 0.05) is 31.9 Å². The van der Waals surface area contributed by atoms with Crippen molar-refractivity contribution in [3.8, 4) is 0 Å². The summed E-state index contributed by atoms with van der Waals surface area (Å²) >= 11 is 0. The largest absolute Gasteiger partial charge is 0.370 e. The van der Waals surface area contributed by atoms with E-state index in [1.807, 2.05) is 24.1 Å². The van der Waals surface area contributed by atoms with Crippen LogP contribution in [-0.4, -0.2) is 59.3 Å². The van der Waals surface area contributed by atoms with Gasteiger partial charge in [0.25, 0.3) is 0 Å². The van der Waals surface area contributed by atoms with Gasteiger partial charge in [0.2, 0.25) is 0 Å². The third kappa shape index (κ3) is 5.12. The van der Waals surface area contributed by atoms with Crippen LogP contribution in [0.5, 0.6) is 0 Å². The van der Waals surface area contributed by atoms with Gasteiger partial charge in [0.1, 0.15) is 0 Å². The maximum Gasteiger partial charge on any atom is 0.191 e. The Kier molecular flexibility index (Phi) is 7.61. The van der Waals surface area contributed by atoms with Crippen LogP contribution < -0.4 is 5.73 Å². The highest BCUT2D eigenvalue weighted by atomic mass is 127. The normalized spacial score (nSPS) is 20.9. The summed E-state index contributed by atoms with van der Waals surface area (Å²) in [5.74, 6) is 1.38. The number of guanidine groups is 1. The van der Waals surface area contributed by atoms with Gasteiger partial charge in [0.05, 0.1) is 18.8 Å². The highest BCUT2D eigenvalue weighted by Crippen LogP contribution is 2.18. The Labute approximate surface area is 150 Å². The summed E-state index contributed by atoms with van der Waals surface area (Å²) in [5, 5.41) is 4.25. The third-order valence-electron chi connectivity index (χ3n) is 4.14. The van der Waals surface area contributed by atoms with Gasteiger partial charge in [0.15, 0.2) is 5.96 Å². The van der Waals surface area contributed by atoms with Crippen LogP contribution in [0.25, 0.3) is 0 Å². The van der Waals surface area contributed by atoms with E-state index in [9.17, 15) is 0 Å². The summed E-state index contributed by atoms with van der Waals surface area (Å²) < 4.78 is 1.82. The molecule has 1 aromatic heterocycles. The molecular weight excluding hydrogens is 391 g/mol. The van der Waals surface area contributed by atoms with Crippen LogP contribution in [0.1, 0.15) is 31.4 Å². The Morgan fingerprint density at radius 1 is 1.55 bits per heavy atom. The van der Waals surface area contributed by atoms with Crippen molar-refractivity contribution in [2.45, 2.75) is 25.8 Å². The van der Waals surface area contributed by atoms with Gasteiger partial charge in [-0.3, -0.25) is 9.67 Å². The number of nitrogens with two attached hydrogens (primary N) is 1. The Balaban J connectivity index is 0.00000242. The quantitative estimate of drug-likeness (QED) is 0.458. The van der Waals surface area contributed by atoms with E-state index in [4.69, 9.17) is 5.73 Å². The lowest BCUT2D eigenvalue weighted by atomic mass is 10.0. The molecule has 2 unspecified atom stereocenters. The van der Waals surface area contributed by atoms with Crippen molar-refractivity contribution in [3.05, 3.63) is 18.0 Å². The van der Waals surface area contributed by atoms with E-state index in [1.54, 1.807) is 0 Å². The number of aromatic nitrogens is 2. The summed E-state index contributed by atoms with van der Waals surface area (Å²) in [7, 11) is 6.06. The third-order valence-corrected chi connectivity index (χ3v) is 4.14. The number of aryl methyl sites for hydroxylation is 1. The number of likely N-dealkylation sites (N-methyl/N-ethyl adjacent to an activating group) is 1. The molecule has 0 aromatic carbocycles. The average molecular weight is 420 g/mol. The van der Waals surface area contributed by atoms with Crippen LogP contribution in [0, 0.1) is 5.92 Å². The molecule has 0 radical (unpaired) electrons. The van der Waals surface area contributed by atoms with Crippen molar-refractivity contribution in [3.63, 3.8) is 0 Å². The Morgan fingerprint density at radius 2 is 2.27 bits per heavy atom. The molecule has 0 saturated carbocycles. The fourth-order valence-electron chi connectivity index (χ4n) is 2.86. The number of hydrogen-bond donors (Lipinski definition) is 1. The summed E-state index contributed by atoms with van der Waals surface area (Å²) in [6, 6.07) is 0.208. The molecule has 7 heteroatoms. The molecule has 0 spiro atoms. The van der Waals surface area contributed by atoms with Gasteiger partial charge in [-0.05, 0) is 32.9 Å². The Morgan fingerprint density at radius 3 is 2.82 bits per heavy atom. The monoisotopic (exact) mass is 420 g/mol. The van der Waals surface area contributed by atoms with Crippen LogP contribution >= 0.6 is 24.0 Å². The Bertz CT molecular complexity index is 484. The van der Waals surface area contributed by atoms with Crippen molar-refractivity contribution < 1.29 is 0 Å². The van der Waals surface area contributed by atoms with Crippen molar-refractivity contribution >= 4 is 29.9 Å². The van der Waals surface area contributed by atoms with Gasteiger partial charge in [-0.1, -0.05) is 6.92 Å². The lowest BCUT2D eigenvalue weighted by molar-refractivity contribution is 0.267. The van der Waals surface area contributed by atoms with Gasteiger partial charge in [-0.25, -0.2) is 0 Å². The molecule has 1 aliphatic rings. The first kappa shape index (κ1) is 19.2. The van der Waals surface area contributed by atoms with Gasteiger partial charge in [-0.15, -0.1) is 24.0 Å². The molecule has 2 atom stereocenters. The zero-order valence-corrected chi connectivity index (χ0v) is 16.4. The van der Waals surface area contributed by atoms with Gasteiger partial charge >= 0.3 is 0 Å².